The van der Waals surface area contributed by atoms with Gasteiger partial charge in [0, 0.05) is 29.3 Å². The van der Waals surface area contributed by atoms with E-state index in [9.17, 15) is 14.7 Å². The van der Waals surface area contributed by atoms with E-state index in [1.165, 1.54) is 0 Å². The second-order valence-electron chi connectivity index (χ2n) is 6.93. The molecule has 8 heteroatoms. The summed E-state index contributed by atoms with van der Waals surface area (Å²) >= 11 is 0. The summed E-state index contributed by atoms with van der Waals surface area (Å²) in [6, 6.07) is 9.21. The standard InChI is InChI=1S/C17H24N2O4.N2/c1-16(2,3)19-10-13(20)9-17(19,14(18)21)15(22)23-11-12-7-5-4-6-8-12;1-2/h4-8,13,20H,9-11H2,1-3H3,(H2,18,21);/t13-,17+;/m1./s1. The molecule has 1 heterocycles. The summed E-state index contributed by atoms with van der Waals surface area (Å²) < 4.78 is 5.36. The Morgan fingerprint density at radius 1 is 1.32 bits per heavy atom. The average molecular weight is 348 g/mol. The summed E-state index contributed by atoms with van der Waals surface area (Å²) in [6.45, 7) is 5.86. The quantitative estimate of drug-likeness (QED) is 0.467. The Hall–Kier alpha value is -2.50. The summed E-state index contributed by atoms with van der Waals surface area (Å²) in [5.41, 5.74) is 4.23. The van der Waals surface area contributed by atoms with Crippen LogP contribution in [0.15, 0.2) is 30.3 Å². The first-order valence-corrected chi connectivity index (χ1v) is 7.85. The molecule has 0 unspecified atom stereocenters. The highest BCUT2D eigenvalue weighted by molar-refractivity contribution is 6.07. The maximum atomic E-state index is 12.7. The molecule has 0 saturated carbocycles. The topological polar surface area (TPSA) is 140 Å². The third-order valence-electron chi connectivity index (χ3n) is 4.15. The van der Waals surface area contributed by atoms with Crippen molar-refractivity contribution < 1.29 is 19.4 Å². The molecule has 1 saturated heterocycles. The van der Waals surface area contributed by atoms with E-state index in [1.807, 2.05) is 51.1 Å². The second-order valence-corrected chi connectivity index (χ2v) is 6.93. The van der Waals surface area contributed by atoms with Crippen LogP contribution in [0.4, 0.5) is 0 Å². The van der Waals surface area contributed by atoms with Gasteiger partial charge in [-0.25, -0.2) is 4.79 Å². The van der Waals surface area contributed by atoms with Crippen molar-refractivity contribution in [3.05, 3.63) is 35.9 Å². The number of β-amino-alcohol motifs (C(OH)–C–C–N with tert-alkyl or cyclic N) is 1. The van der Waals surface area contributed by atoms with Crippen molar-refractivity contribution in [1.82, 2.24) is 4.90 Å². The van der Waals surface area contributed by atoms with Gasteiger partial charge in [0.1, 0.15) is 6.61 Å². The summed E-state index contributed by atoms with van der Waals surface area (Å²) in [5, 5.41) is 22.0. The first kappa shape index (κ1) is 20.5. The van der Waals surface area contributed by atoms with Crippen LogP contribution in [-0.4, -0.2) is 45.6 Å². The Kier molecular flexibility index (Phi) is 6.62. The number of nitrogens with zero attached hydrogens (tertiary/aromatic N) is 3. The molecule has 0 bridgehead atoms. The van der Waals surface area contributed by atoms with Gasteiger partial charge >= 0.3 is 5.97 Å². The Labute approximate surface area is 147 Å². The van der Waals surface area contributed by atoms with E-state index in [-0.39, 0.29) is 19.6 Å². The number of hydrogen-bond acceptors (Lipinski definition) is 7. The third-order valence-corrected chi connectivity index (χ3v) is 4.15. The number of likely N-dealkylation sites (tertiary alicyclic amines) is 1. The van der Waals surface area contributed by atoms with Crippen molar-refractivity contribution in [2.75, 3.05) is 6.54 Å². The van der Waals surface area contributed by atoms with Gasteiger partial charge in [0.05, 0.1) is 6.10 Å². The number of amides is 1. The molecule has 0 radical (unpaired) electrons. The maximum Gasteiger partial charge on any atom is 0.336 e. The van der Waals surface area contributed by atoms with Gasteiger partial charge in [0.2, 0.25) is 11.4 Å². The highest BCUT2D eigenvalue weighted by atomic mass is 16.5. The Morgan fingerprint density at radius 2 is 1.88 bits per heavy atom. The van der Waals surface area contributed by atoms with Crippen LogP contribution in [0.3, 0.4) is 0 Å². The van der Waals surface area contributed by atoms with Crippen molar-refractivity contribution in [3.8, 4) is 0 Å². The van der Waals surface area contributed by atoms with Gasteiger partial charge in [-0.05, 0) is 26.3 Å². The van der Waals surface area contributed by atoms with Gasteiger partial charge < -0.3 is 15.6 Å². The number of nitrogens with two attached hydrogens (primary N) is 1. The number of primary amides is 1. The fraction of sp³-hybridized carbons (Fsp3) is 0.529. The van der Waals surface area contributed by atoms with E-state index in [0.29, 0.717) is 0 Å². The zero-order valence-corrected chi connectivity index (χ0v) is 14.7. The molecular weight excluding hydrogens is 324 g/mol. The maximum absolute atomic E-state index is 12.7. The zero-order chi connectivity index (χ0) is 19.3. The lowest BCUT2D eigenvalue weighted by atomic mass is 9.90. The van der Waals surface area contributed by atoms with Crippen LogP contribution >= 0.6 is 0 Å². The van der Waals surface area contributed by atoms with Crippen molar-refractivity contribution in [3.63, 3.8) is 0 Å². The van der Waals surface area contributed by atoms with E-state index in [0.717, 1.165) is 5.56 Å². The van der Waals surface area contributed by atoms with Crippen LogP contribution in [0.25, 0.3) is 0 Å². The lowest BCUT2D eigenvalue weighted by Crippen LogP contribution is -2.64. The molecule has 1 aliphatic heterocycles. The van der Waals surface area contributed by atoms with Gasteiger partial charge in [0.25, 0.3) is 0 Å². The number of esters is 1. The molecule has 3 N–H and O–H groups in total. The number of benzene rings is 1. The summed E-state index contributed by atoms with van der Waals surface area (Å²) in [4.78, 5) is 26.5. The monoisotopic (exact) mass is 348 g/mol. The number of aliphatic hydroxyl groups is 1. The fourth-order valence-corrected chi connectivity index (χ4v) is 3.10. The predicted molar refractivity (Wildman–Crippen MR) is 88.7 cm³/mol. The van der Waals surface area contributed by atoms with Crippen LogP contribution in [0.5, 0.6) is 0 Å². The van der Waals surface area contributed by atoms with E-state index >= 15 is 0 Å². The molecule has 0 aromatic heterocycles. The van der Waals surface area contributed by atoms with Crippen LogP contribution < -0.4 is 5.73 Å². The van der Waals surface area contributed by atoms with Gasteiger partial charge in [0.15, 0.2) is 0 Å². The van der Waals surface area contributed by atoms with E-state index in [2.05, 4.69) is 0 Å². The molecule has 1 aliphatic rings. The summed E-state index contributed by atoms with van der Waals surface area (Å²) in [5.74, 6) is -1.50. The number of ether oxygens (including phenoxy) is 1. The molecule has 0 spiro atoms. The van der Waals surface area contributed by atoms with Crippen molar-refractivity contribution in [2.24, 2.45) is 5.73 Å². The minimum absolute atomic E-state index is 0.0484. The molecule has 136 valence electrons. The molecule has 1 fully saturated rings. The van der Waals surface area contributed by atoms with Crippen molar-refractivity contribution in [2.45, 2.75) is 51.0 Å². The van der Waals surface area contributed by atoms with E-state index in [4.69, 9.17) is 21.3 Å². The smallest absolute Gasteiger partial charge is 0.336 e. The van der Waals surface area contributed by atoms with Gasteiger partial charge in [-0.3, -0.25) is 9.69 Å². The van der Waals surface area contributed by atoms with Crippen molar-refractivity contribution >= 4 is 11.9 Å². The molecule has 1 aromatic carbocycles. The van der Waals surface area contributed by atoms with Crippen LogP contribution in [-0.2, 0) is 20.9 Å². The molecule has 25 heavy (non-hydrogen) atoms. The Morgan fingerprint density at radius 3 is 2.36 bits per heavy atom. The minimum Gasteiger partial charge on any atom is -0.459 e. The van der Waals surface area contributed by atoms with E-state index in [1.54, 1.807) is 4.90 Å². The second kappa shape index (κ2) is 8.05. The summed E-state index contributed by atoms with van der Waals surface area (Å²) in [7, 11) is 0. The first-order chi connectivity index (χ1) is 11.7. The number of rotatable bonds is 4. The number of carbonyl (C=O) groups excluding carboxylic acids is 2. The third kappa shape index (κ3) is 4.32. The zero-order valence-electron chi connectivity index (χ0n) is 14.7. The van der Waals surface area contributed by atoms with E-state index < -0.39 is 29.1 Å². The predicted octanol–water partition coefficient (Wildman–Crippen LogP) is 0.849. The molecule has 1 amide bonds. The molecule has 2 rings (SSSR count). The largest absolute Gasteiger partial charge is 0.459 e. The average Bonchev–Trinajstić information content (AvgIpc) is 2.94. The molecule has 1 aromatic rings. The Bertz CT molecular complexity index is 627. The molecule has 8 nitrogen and oxygen atoms in total. The molecule has 2 atom stereocenters. The number of carbonyl (C=O) groups is 2. The normalized spacial score (nSPS) is 23.4. The van der Waals surface area contributed by atoms with Crippen LogP contribution in [0.1, 0.15) is 32.8 Å². The number of aliphatic hydroxyl groups excluding tert-OH is 1. The molecular formula is C17H24N4O4. The van der Waals surface area contributed by atoms with Gasteiger partial charge in [-0.15, -0.1) is 0 Å². The minimum atomic E-state index is -1.63. The van der Waals surface area contributed by atoms with Crippen LogP contribution in [0, 0.1) is 10.8 Å². The fourth-order valence-electron chi connectivity index (χ4n) is 3.10. The summed E-state index contributed by atoms with van der Waals surface area (Å²) in [6.07, 6.45) is -0.848. The highest BCUT2D eigenvalue weighted by Crippen LogP contribution is 2.37. The number of hydrogen-bond donors (Lipinski definition) is 2. The molecule has 0 aliphatic carbocycles. The Balaban J connectivity index is 0.00000151. The SMILES string of the molecule is CC(C)(C)N1C[C@H](O)C[C@]1(C(N)=O)C(=O)OCc1ccccc1.N#N. The highest BCUT2D eigenvalue weighted by Gasteiger charge is 2.59. The van der Waals surface area contributed by atoms with Gasteiger partial charge in [-0.2, -0.15) is 0 Å². The first-order valence-electron chi connectivity index (χ1n) is 7.85. The van der Waals surface area contributed by atoms with Crippen LogP contribution in [0.2, 0.25) is 0 Å². The lowest BCUT2D eigenvalue weighted by Gasteiger charge is -2.41. The van der Waals surface area contributed by atoms with Gasteiger partial charge in [-0.1, -0.05) is 30.3 Å². The lowest BCUT2D eigenvalue weighted by molar-refractivity contribution is -0.166. The van der Waals surface area contributed by atoms with Crippen molar-refractivity contribution in [1.29, 1.82) is 10.8 Å².